The molecule has 0 atom stereocenters. The van der Waals surface area contributed by atoms with E-state index >= 15 is 0 Å². The Morgan fingerprint density at radius 2 is 0.677 bits per heavy atom. The van der Waals surface area contributed by atoms with Crippen LogP contribution in [0, 0.1) is 0 Å². The molecular formula is C62H41N3. The largest absolute Gasteiger partial charge is 0.310 e. The molecule has 0 aliphatic carbocycles. The van der Waals surface area contributed by atoms with Crippen LogP contribution in [0.25, 0.3) is 98.8 Å². The smallest absolute Gasteiger partial charge is 0.0547 e. The summed E-state index contributed by atoms with van der Waals surface area (Å²) in [6, 6.07) is 90.9. The first kappa shape index (κ1) is 36.9. The van der Waals surface area contributed by atoms with Crippen molar-refractivity contribution in [3.05, 3.63) is 249 Å². The van der Waals surface area contributed by atoms with Gasteiger partial charge in [0.2, 0.25) is 0 Å². The maximum absolute atomic E-state index is 2.48. The molecular weight excluding hydrogens is 787 g/mol. The van der Waals surface area contributed by atoms with Crippen LogP contribution in [0.5, 0.6) is 0 Å². The minimum Gasteiger partial charge on any atom is -0.310 e. The minimum absolute atomic E-state index is 1.06. The van der Waals surface area contributed by atoms with Crippen molar-refractivity contribution in [1.82, 2.24) is 9.13 Å². The van der Waals surface area contributed by atoms with E-state index in [0.29, 0.717) is 0 Å². The van der Waals surface area contributed by atoms with E-state index < -0.39 is 0 Å². The van der Waals surface area contributed by atoms with E-state index in [1.807, 2.05) is 0 Å². The van der Waals surface area contributed by atoms with E-state index in [0.717, 1.165) is 28.4 Å². The van der Waals surface area contributed by atoms with Crippen LogP contribution in [0.4, 0.5) is 17.1 Å². The molecule has 0 fully saturated rings. The van der Waals surface area contributed by atoms with Crippen molar-refractivity contribution in [2.45, 2.75) is 0 Å². The van der Waals surface area contributed by atoms with Gasteiger partial charge in [-0.15, -0.1) is 0 Å². The average Bonchev–Trinajstić information content (AvgIpc) is 3.88. The third-order valence-corrected chi connectivity index (χ3v) is 13.2. The SMILES string of the molecule is c1ccc(-c2cccc(-c3ccc(N(c4ccccc4)c4cc(-n5c6ccccc6c6ccccc65)cc(-n5c6ccccc6c6cc7cc8ccccc8cc7cc65)c4)cc3)c2)cc1. The molecule has 0 bridgehead atoms. The molecule has 11 aromatic carbocycles. The Kier molecular flexibility index (Phi) is 8.53. The zero-order valence-electron chi connectivity index (χ0n) is 35.5. The number of hydrogen-bond donors (Lipinski definition) is 0. The van der Waals surface area contributed by atoms with Crippen LogP contribution in [0.15, 0.2) is 249 Å². The van der Waals surface area contributed by atoms with Crippen LogP contribution in [-0.4, -0.2) is 9.13 Å². The normalized spacial score (nSPS) is 11.7. The molecule has 0 aliphatic rings. The number of hydrogen-bond acceptors (Lipinski definition) is 1. The third kappa shape index (κ3) is 6.20. The lowest BCUT2D eigenvalue weighted by Crippen LogP contribution is -2.11. The Morgan fingerprint density at radius 3 is 1.28 bits per heavy atom. The quantitative estimate of drug-likeness (QED) is 0.146. The first-order chi connectivity index (χ1) is 32.2. The topological polar surface area (TPSA) is 13.1 Å². The predicted molar refractivity (Wildman–Crippen MR) is 276 cm³/mol. The Hall–Kier alpha value is -8.66. The van der Waals surface area contributed by atoms with Gasteiger partial charge in [0, 0.05) is 32.9 Å². The second-order valence-corrected chi connectivity index (χ2v) is 17.0. The summed E-state index contributed by atoms with van der Waals surface area (Å²) in [4.78, 5) is 2.40. The van der Waals surface area contributed by atoms with Crippen molar-refractivity contribution in [2.24, 2.45) is 0 Å². The van der Waals surface area contributed by atoms with Gasteiger partial charge in [0.15, 0.2) is 0 Å². The number of anilines is 3. The summed E-state index contributed by atoms with van der Waals surface area (Å²) in [6.07, 6.45) is 0. The van der Waals surface area contributed by atoms with E-state index in [2.05, 4.69) is 263 Å². The summed E-state index contributed by atoms with van der Waals surface area (Å²) < 4.78 is 4.92. The van der Waals surface area contributed by atoms with Gasteiger partial charge in [-0.2, -0.15) is 0 Å². The maximum Gasteiger partial charge on any atom is 0.0547 e. The van der Waals surface area contributed by atoms with E-state index in [1.54, 1.807) is 0 Å². The Bertz CT molecular complexity index is 3880. The summed E-state index contributed by atoms with van der Waals surface area (Å²) in [5.41, 5.74) is 14.8. The molecule has 0 aliphatic heterocycles. The highest BCUT2D eigenvalue weighted by molar-refractivity contribution is 6.15. The molecule has 0 spiro atoms. The molecule has 304 valence electrons. The number of para-hydroxylation sites is 4. The zero-order valence-corrected chi connectivity index (χ0v) is 35.5. The molecule has 3 heteroatoms. The van der Waals surface area contributed by atoms with Gasteiger partial charge in [0.25, 0.3) is 0 Å². The van der Waals surface area contributed by atoms with Crippen molar-refractivity contribution in [1.29, 1.82) is 0 Å². The van der Waals surface area contributed by atoms with Gasteiger partial charge in [0.05, 0.1) is 39.1 Å². The van der Waals surface area contributed by atoms with Crippen LogP contribution in [-0.2, 0) is 0 Å². The fourth-order valence-corrected chi connectivity index (χ4v) is 10.2. The van der Waals surface area contributed by atoms with Crippen LogP contribution in [0.2, 0.25) is 0 Å². The molecule has 65 heavy (non-hydrogen) atoms. The van der Waals surface area contributed by atoms with E-state index in [4.69, 9.17) is 0 Å². The average molecular weight is 828 g/mol. The fraction of sp³-hybridized carbons (Fsp3) is 0. The number of fused-ring (bicyclic) bond motifs is 8. The summed E-state index contributed by atoms with van der Waals surface area (Å²) in [5, 5.41) is 9.89. The highest BCUT2D eigenvalue weighted by Crippen LogP contribution is 2.43. The number of benzene rings is 11. The van der Waals surface area contributed by atoms with Crippen molar-refractivity contribution < 1.29 is 0 Å². The molecule has 2 heterocycles. The third-order valence-electron chi connectivity index (χ3n) is 13.2. The molecule has 0 N–H and O–H groups in total. The second-order valence-electron chi connectivity index (χ2n) is 17.0. The van der Waals surface area contributed by atoms with Gasteiger partial charge in [-0.05, 0) is 135 Å². The molecule has 0 saturated carbocycles. The van der Waals surface area contributed by atoms with Crippen molar-refractivity contribution in [3.8, 4) is 33.6 Å². The molecule has 0 unspecified atom stereocenters. The van der Waals surface area contributed by atoms with Gasteiger partial charge < -0.3 is 14.0 Å². The van der Waals surface area contributed by atoms with Crippen LogP contribution in [0.1, 0.15) is 0 Å². The fourth-order valence-electron chi connectivity index (χ4n) is 10.2. The maximum atomic E-state index is 2.48. The Balaban J connectivity index is 1.06. The first-order valence-electron chi connectivity index (χ1n) is 22.3. The standard InChI is InChI=1S/C62H41N3/c1-3-16-42(17-4-1)44-20-15-21-45(34-44)43-30-32-51(33-31-43)63(50-22-5-2-6-23-50)52-39-53(64-59-27-12-9-24-55(59)56-25-10-13-28-60(56)64)41-54(40-52)65-61-29-14-11-26-57(61)58-37-48-35-46-18-7-8-19-47(46)36-49(48)38-62(58)65/h1-41H. The Morgan fingerprint density at radius 1 is 0.231 bits per heavy atom. The summed E-state index contributed by atoms with van der Waals surface area (Å²) >= 11 is 0. The predicted octanol–water partition coefficient (Wildman–Crippen LogP) is 17.0. The lowest BCUT2D eigenvalue weighted by Gasteiger charge is -2.27. The van der Waals surface area contributed by atoms with Crippen molar-refractivity contribution in [2.75, 3.05) is 4.90 Å². The molecule has 0 amide bonds. The van der Waals surface area contributed by atoms with E-state index in [1.165, 1.54) is 87.4 Å². The molecule has 2 aromatic heterocycles. The van der Waals surface area contributed by atoms with Gasteiger partial charge >= 0.3 is 0 Å². The number of nitrogens with zero attached hydrogens (tertiary/aromatic N) is 3. The van der Waals surface area contributed by atoms with Crippen LogP contribution in [0.3, 0.4) is 0 Å². The molecule has 13 rings (SSSR count). The molecule has 3 nitrogen and oxygen atoms in total. The lowest BCUT2D eigenvalue weighted by atomic mass is 9.99. The van der Waals surface area contributed by atoms with E-state index in [-0.39, 0.29) is 0 Å². The second kappa shape index (κ2) is 15.0. The number of aromatic nitrogens is 2. The van der Waals surface area contributed by atoms with Crippen LogP contribution >= 0.6 is 0 Å². The summed E-state index contributed by atoms with van der Waals surface area (Å²) in [5.74, 6) is 0. The zero-order chi connectivity index (χ0) is 42.8. The van der Waals surface area contributed by atoms with Gasteiger partial charge in [-0.1, -0.05) is 158 Å². The summed E-state index contributed by atoms with van der Waals surface area (Å²) in [6.45, 7) is 0. The van der Waals surface area contributed by atoms with Gasteiger partial charge in [-0.25, -0.2) is 0 Å². The lowest BCUT2D eigenvalue weighted by molar-refractivity contribution is 1.12. The first-order valence-corrected chi connectivity index (χ1v) is 22.3. The van der Waals surface area contributed by atoms with Gasteiger partial charge in [-0.3, -0.25) is 0 Å². The molecule has 13 aromatic rings. The summed E-state index contributed by atoms with van der Waals surface area (Å²) in [7, 11) is 0. The van der Waals surface area contributed by atoms with Gasteiger partial charge in [0.1, 0.15) is 0 Å². The van der Waals surface area contributed by atoms with E-state index in [9.17, 15) is 0 Å². The number of rotatable bonds is 7. The monoisotopic (exact) mass is 827 g/mol. The molecule has 0 radical (unpaired) electrons. The highest BCUT2D eigenvalue weighted by Gasteiger charge is 2.21. The van der Waals surface area contributed by atoms with Crippen molar-refractivity contribution >= 4 is 82.2 Å². The van der Waals surface area contributed by atoms with Crippen molar-refractivity contribution in [3.63, 3.8) is 0 Å². The molecule has 0 saturated heterocycles. The highest BCUT2D eigenvalue weighted by atomic mass is 15.1. The minimum atomic E-state index is 1.06. The Labute approximate surface area is 376 Å². The van der Waals surface area contributed by atoms with Crippen LogP contribution < -0.4 is 4.90 Å².